The molecular formula is C15H16ClN3O3. The monoisotopic (exact) mass is 321 g/mol. The molecule has 3 rings (SSSR count). The second-order valence-electron chi connectivity index (χ2n) is 5.18. The van der Waals surface area contributed by atoms with Crippen molar-refractivity contribution < 1.29 is 14.3 Å². The minimum absolute atomic E-state index is 0.115. The fraction of sp³-hybridized carbons (Fsp3) is 0.400. The van der Waals surface area contributed by atoms with E-state index in [1.54, 1.807) is 0 Å². The molecule has 2 aromatic rings. The van der Waals surface area contributed by atoms with Crippen molar-refractivity contribution in [2.45, 2.75) is 32.4 Å². The molecule has 2 heterocycles. The molecule has 0 saturated carbocycles. The van der Waals surface area contributed by atoms with Gasteiger partial charge in [0.25, 0.3) is 5.88 Å². The molecule has 0 radical (unpaired) electrons. The predicted molar refractivity (Wildman–Crippen MR) is 80.8 cm³/mol. The van der Waals surface area contributed by atoms with Crippen LogP contribution in [-0.2, 0) is 9.59 Å². The second-order valence-corrected chi connectivity index (χ2v) is 5.54. The smallest absolute Gasteiger partial charge is 0.373 e. The number of aromatic nitrogens is 2. The van der Waals surface area contributed by atoms with E-state index in [9.17, 15) is 0 Å². The fourth-order valence-corrected chi connectivity index (χ4v) is 2.52. The van der Waals surface area contributed by atoms with E-state index in [1.807, 2.05) is 25.1 Å². The van der Waals surface area contributed by atoms with E-state index in [1.165, 1.54) is 0 Å². The first-order valence-corrected chi connectivity index (χ1v) is 7.24. The number of hydrogen-bond donors (Lipinski definition) is 1. The summed E-state index contributed by atoms with van der Waals surface area (Å²) in [5.41, 5.74) is 2.76. The molecule has 0 aliphatic carbocycles. The maximum atomic E-state index is 8.12. The van der Waals surface area contributed by atoms with Crippen LogP contribution in [0.5, 0.6) is 5.88 Å². The summed E-state index contributed by atoms with van der Waals surface area (Å²) in [5.74, 6) is 0.431. The molecule has 0 spiro atoms. The number of carbonyl (C=O) groups excluding carboxylic acids is 2. The quantitative estimate of drug-likeness (QED) is 0.912. The van der Waals surface area contributed by atoms with Crippen LogP contribution in [0.15, 0.2) is 18.2 Å². The van der Waals surface area contributed by atoms with E-state index < -0.39 is 0 Å². The molecule has 1 fully saturated rings. The second kappa shape index (κ2) is 7.31. The molecule has 1 N–H and O–H groups in total. The van der Waals surface area contributed by atoms with Gasteiger partial charge in [0.05, 0.1) is 11.0 Å². The zero-order valence-electron chi connectivity index (χ0n) is 12.3. The van der Waals surface area contributed by atoms with E-state index in [0.717, 1.165) is 29.6 Å². The lowest BCUT2D eigenvalue weighted by Crippen LogP contribution is -2.21. The maximum absolute atomic E-state index is 8.12. The summed E-state index contributed by atoms with van der Waals surface area (Å²) < 4.78 is 5.86. The van der Waals surface area contributed by atoms with Gasteiger partial charge in [0.2, 0.25) is 0 Å². The Morgan fingerprint density at radius 1 is 1.32 bits per heavy atom. The number of nitrogens with one attached hydrogen (secondary N) is 1. The Hall–Kier alpha value is -2.01. The lowest BCUT2D eigenvalue weighted by molar-refractivity contribution is -0.191. The van der Waals surface area contributed by atoms with Gasteiger partial charge in [0.15, 0.2) is 5.15 Å². The van der Waals surface area contributed by atoms with Gasteiger partial charge in [-0.1, -0.05) is 17.7 Å². The van der Waals surface area contributed by atoms with Gasteiger partial charge < -0.3 is 10.1 Å². The Kier molecular flexibility index (Phi) is 5.44. The van der Waals surface area contributed by atoms with Gasteiger partial charge in [-0.05, 0) is 31.5 Å². The van der Waals surface area contributed by atoms with Crippen molar-refractivity contribution in [2.75, 3.05) is 6.54 Å². The third-order valence-electron chi connectivity index (χ3n) is 3.34. The van der Waals surface area contributed by atoms with E-state index in [-0.39, 0.29) is 12.3 Å². The van der Waals surface area contributed by atoms with Gasteiger partial charge in [-0.15, -0.1) is 0 Å². The number of nitrogens with zero attached hydrogens (tertiary/aromatic N) is 2. The maximum Gasteiger partial charge on any atom is 0.373 e. The van der Waals surface area contributed by atoms with Crippen LogP contribution in [0.2, 0.25) is 5.15 Å². The molecule has 22 heavy (non-hydrogen) atoms. The van der Waals surface area contributed by atoms with Crippen LogP contribution in [0.4, 0.5) is 0 Å². The zero-order valence-corrected chi connectivity index (χ0v) is 13.1. The van der Waals surface area contributed by atoms with Crippen LogP contribution < -0.4 is 10.1 Å². The highest BCUT2D eigenvalue weighted by atomic mass is 35.5. The Balaban J connectivity index is 0.000000545. The number of hydrogen-bond acceptors (Lipinski definition) is 6. The van der Waals surface area contributed by atoms with Crippen molar-refractivity contribution in [3.05, 3.63) is 28.9 Å². The van der Waals surface area contributed by atoms with Gasteiger partial charge in [-0.25, -0.2) is 9.97 Å². The number of aryl methyl sites for hydroxylation is 1. The molecule has 0 amide bonds. The largest absolute Gasteiger partial charge is 0.471 e. The van der Waals surface area contributed by atoms with Gasteiger partial charge in [-0.2, -0.15) is 9.59 Å². The van der Waals surface area contributed by atoms with Crippen molar-refractivity contribution in [2.24, 2.45) is 0 Å². The van der Waals surface area contributed by atoms with Crippen LogP contribution in [0.25, 0.3) is 11.0 Å². The standard InChI is InChI=1S/C14H16ClN3O.CO2/c1-8-3-4-11-12(5-8)18-14(13(15)17-11)19-10-6-9(2)16-7-10;2-1-3/h3-5,9-10,16H,6-7H2,1-2H3;/t9-,10?;/m1./s1. The first-order valence-electron chi connectivity index (χ1n) is 6.86. The number of ether oxygens (including phenoxy) is 1. The number of benzene rings is 1. The average Bonchev–Trinajstić information content (AvgIpc) is 2.86. The lowest BCUT2D eigenvalue weighted by Gasteiger charge is -2.13. The molecule has 1 aliphatic heterocycles. The van der Waals surface area contributed by atoms with E-state index in [0.29, 0.717) is 17.1 Å². The van der Waals surface area contributed by atoms with Crippen molar-refractivity contribution in [3.8, 4) is 5.88 Å². The summed E-state index contributed by atoms with van der Waals surface area (Å²) in [6, 6.07) is 6.38. The lowest BCUT2D eigenvalue weighted by atomic mass is 10.2. The zero-order chi connectivity index (χ0) is 16.1. The van der Waals surface area contributed by atoms with Crippen molar-refractivity contribution in [1.29, 1.82) is 0 Å². The van der Waals surface area contributed by atoms with E-state index in [4.69, 9.17) is 25.9 Å². The Morgan fingerprint density at radius 2 is 2.05 bits per heavy atom. The van der Waals surface area contributed by atoms with E-state index >= 15 is 0 Å². The molecule has 0 bridgehead atoms. The van der Waals surface area contributed by atoms with Crippen molar-refractivity contribution in [3.63, 3.8) is 0 Å². The summed E-state index contributed by atoms with van der Waals surface area (Å²) in [6.45, 7) is 4.99. The Bertz CT molecular complexity index is 702. The summed E-state index contributed by atoms with van der Waals surface area (Å²) >= 11 is 6.14. The molecule has 2 atom stereocenters. The van der Waals surface area contributed by atoms with Crippen LogP contribution in [0, 0.1) is 6.92 Å². The molecule has 7 heteroatoms. The molecule has 1 aromatic carbocycles. The van der Waals surface area contributed by atoms with Gasteiger partial charge in [0.1, 0.15) is 6.10 Å². The number of rotatable bonds is 2. The fourth-order valence-electron chi connectivity index (χ4n) is 2.34. The molecule has 116 valence electrons. The first kappa shape index (κ1) is 16.4. The summed E-state index contributed by atoms with van der Waals surface area (Å²) in [6.07, 6.45) is 1.33. The average molecular weight is 322 g/mol. The highest BCUT2D eigenvalue weighted by Crippen LogP contribution is 2.26. The number of halogens is 1. The Morgan fingerprint density at radius 3 is 2.68 bits per heavy atom. The molecule has 1 aromatic heterocycles. The predicted octanol–water partition coefficient (Wildman–Crippen LogP) is 2.14. The summed E-state index contributed by atoms with van der Waals surface area (Å²) in [4.78, 5) is 25.1. The van der Waals surface area contributed by atoms with Crippen LogP contribution in [0.1, 0.15) is 18.9 Å². The third kappa shape index (κ3) is 4.01. The normalized spacial score (nSPS) is 20.1. The summed E-state index contributed by atoms with van der Waals surface area (Å²) in [5, 5.41) is 3.67. The van der Waals surface area contributed by atoms with Crippen molar-refractivity contribution in [1.82, 2.24) is 15.3 Å². The van der Waals surface area contributed by atoms with Gasteiger partial charge >= 0.3 is 6.15 Å². The minimum atomic E-state index is 0.115. The molecule has 6 nitrogen and oxygen atoms in total. The van der Waals surface area contributed by atoms with Crippen molar-refractivity contribution >= 4 is 28.8 Å². The summed E-state index contributed by atoms with van der Waals surface area (Å²) in [7, 11) is 0. The topological polar surface area (TPSA) is 81.2 Å². The Labute approximate surface area is 132 Å². The molecule has 1 aliphatic rings. The van der Waals surface area contributed by atoms with E-state index in [2.05, 4.69) is 22.2 Å². The SMILES string of the molecule is Cc1ccc2nc(Cl)c(OC3CN[C@H](C)C3)nc2c1.O=C=O. The van der Waals surface area contributed by atoms with Crippen LogP contribution in [0.3, 0.4) is 0 Å². The van der Waals surface area contributed by atoms with Gasteiger partial charge in [0, 0.05) is 19.0 Å². The van der Waals surface area contributed by atoms with Crippen LogP contribution >= 0.6 is 11.6 Å². The molecular weight excluding hydrogens is 306 g/mol. The highest BCUT2D eigenvalue weighted by Gasteiger charge is 2.23. The number of fused-ring (bicyclic) bond motifs is 1. The van der Waals surface area contributed by atoms with Gasteiger partial charge in [-0.3, -0.25) is 0 Å². The minimum Gasteiger partial charge on any atom is -0.471 e. The third-order valence-corrected chi connectivity index (χ3v) is 3.58. The molecule has 1 saturated heterocycles. The first-order chi connectivity index (χ1) is 10.5. The molecule has 1 unspecified atom stereocenters. The highest BCUT2D eigenvalue weighted by molar-refractivity contribution is 6.31. The van der Waals surface area contributed by atoms with Crippen LogP contribution in [-0.4, -0.2) is 34.8 Å².